The Morgan fingerprint density at radius 1 is 1.07 bits per heavy atom. The molecule has 1 aromatic carbocycles. The first-order valence-corrected chi connectivity index (χ1v) is 10.3. The van der Waals surface area contributed by atoms with Gasteiger partial charge in [-0.05, 0) is 74.1 Å². The molecule has 0 radical (unpaired) electrons. The largest absolute Gasteiger partial charge is 0.390 e. The van der Waals surface area contributed by atoms with Crippen molar-refractivity contribution in [3.63, 3.8) is 0 Å². The highest BCUT2D eigenvalue weighted by molar-refractivity contribution is 5.94. The Kier molecular flexibility index (Phi) is 4.73. The SMILES string of the molecule is CCC12CC3CC(O)(C1)CC(C(=O)NCCNC(=O)c1ccc(F)cc1)(C3)C2. The minimum absolute atomic E-state index is 0.0175. The fourth-order valence-corrected chi connectivity index (χ4v) is 6.48. The highest BCUT2D eigenvalue weighted by Gasteiger charge is 2.64. The van der Waals surface area contributed by atoms with Crippen molar-refractivity contribution in [3.05, 3.63) is 35.6 Å². The standard InChI is InChI=1S/C22H29FN2O3/c1-2-20-9-15-10-21(12-20,14-22(28,11-15)13-20)19(27)25-8-7-24-18(26)16-3-5-17(23)6-4-16/h3-6,15,28H,2,7-14H2,1H3,(H,24,26)(H,25,27). The fraction of sp³-hybridized carbons (Fsp3) is 0.636. The van der Waals surface area contributed by atoms with Crippen molar-refractivity contribution < 1.29 is 19.1 Å². The number of rotatable bonds is 6. The highest BCUT2D eigenvalue weighted by atomic mass is 19.1. The molecule has 0 heterocycles. The van der Waals surface area contributed by atoms with E-state index >= 15 is 0 Å². The number of aliphatic hydroxyl groups is 1. The van der Waals surface area contributed by atoms with Gasteiger partial charge >= 0.3 is 0 Å². The molecule has 3 N–H and O–H groups in total. The lowest BCUT2D eigenvalue weighted by atomic mass is 9.42. The lowest BCUT2D eigenvalue weighted by Crippen LogP contribution is -2.64. The molecule has 4 aliphatic rings. The van der Waals surface area contributed by atoms with Crippen LogP contribution in [0, 0.1) is 22.6 Å². The highest BCUT2D eigenvalue weighted by Crippen LogP contribution is 2.67. The van der Waals surface area contributed by atoms with Gasteiger partial charge in [-0.25, -0.2) is 4.39 Å². The smallest absolute Gasteiger partial charge is 0.251 e. The molecule has 1 aromatic rings. The predicted octanol–water partition coefficient (Wildman–Crippen LogP) is 2.78. The molecular formula is C22H29FN2O3. The number of carbonyl (C=O) groups is 2. The van der Waals surface area contributed by atoms with E-state index in [-0.39, 0.29) is 23.0 Å². The average molecular weight is 388 g/mol. The zero-order valence-corrected chi connectivity index (χ0v) is 16.4. The number of carbonyl (C=O) groups excluding carboxylic acids is 2. The molecule has 0 aromatic heterocycles. The molecule has 0 aliphatic heterocycles. The molecule has 4 atom stereocenters. The topological polar surface area (TPSA) is 78.4 Å². The van der Waals surface area contributed by atoms with Crippen LogP contribution in [0.4, 0.5) is 4.39 Å². The Morgan fingerprint density at radius 2 is 1.79 bits per heavy atom. The van der Waals surface area contributed by atoms with Crippen LogP contribution in [0.3, 0.4) is 0 Å². The summed E-state index contributed by atoms with van der Waals surface area (Å²) >= 11 is 0. The number of amides is 2. The van der Waals surface area contributed by atoms with Crippen LogP contribution in [-0.4, -0.2) is 35.6 Å². The average Bonchev–Trinajstić information content (AvgIpc) is 2.63. The van der Waals surface area contributed by atoms with Gasteiger partial charge in [0.05, 0.1) is 11.0 Å². The summed E-state index contributed by atoms with van der Waals surface area (Å²) in [5.41, 5.74) is -0.669. The minimum Gasteiger partial charge on any atom is -0.390 e. The molecule has 28 heavy (non-hydrogen) atoms. The van der Waals surface area contributed by atoms with Gasteiger partial charge in [0.1, 0.15) is 5.82 Å². The van der Waals surface area contributed by atoms with Gasteiger partial charge in [-0.3, -0.25) is 9.59 Å². The van der Waals surface area contributed by atoms with E-state index in [2.05, 4.69) is 17.6 Å². The van der Waals surface area contributed by atoms with Crippen LogP contribution in [0.1, 0.15) is 62.2 Å². The van der Waals surface area contributed by atoms with Crippen LogP contribution in [0.25, 0.3) is 0 Å². The Hall–Kier alpha value is -1.95. The molecular weight excluding hydrogens is 359 g/mol. The maximum atomic E-state index is 13.1. The molecule has 2 amide bonds. The van der Waals surface area contributed by atoms with E-state index in [1.54, 1.807) is 0 Å². The van der Waals surface area contributed by atoms with E-state index in [4.69, 9.17) is 0 Å². The Bertz CT molecular complexity index is 782. The van der Waals surface area contributed by atoms with Gasteiger partial charge in [0.15, 0.2) is 0 Å². The molecule has 4 unspecified atom stereocenters. The molecule has 6 heteroatoms. The summed E-state index contributed by atoms with van der Waals surface area (Å²) in [6.45, 7) is 2.83. The van der Waals surface area contributed by atoms with Crippen molar-refractivity contribution in [1.29, 1.82) is 0 Å². The van der Waals surface area contributed by atoms with Gasteiger partial charge in [0.2, 0.25) is 5.91 Å². The summed E-state index contributed by atoms with van der Waals surface area (Å²) in [5.74, 6) is -0.219. The zero-order chi connectivity index (χ0) is 20.0. The van der Waals surface area contributed by atoms with Crippen molar-refractivity contribution in [2.75, 3.05) is 13.1 Å². The monoisotopic (exact) mass is 388 g/mol. The maximum Gasteiger partial charge on any atom is 0.251 e. The number of halogens is 1. The Balaban J connectivity index is 1.33. The second kappa shape index (κ2) is 6.83. The minimum atomic E-state index is -0.691. The second-order valence-electron chi connectivity index (χ2n) is 9.39. The second-order valence-corrected chi connectivity index (χ2v) is 9.39. The Labute approximate surface area is 165 Å². The van der Waals surface area contributed by atoms with E-state index in [9.17, 15) is 19.1 Å². The first-order chi connectivity index (χ1) is 13.3. The van der Waals surface area contributed by atoms with Gasteiger partial charge < -0.3 is 15.7 Å². The molecule has 0 spiro atoms. The van der Waals surface area contributed by atoms with Gasteiger partial charge in [-0.15, -0.1) is 0 Å². The van der Waals surface area contributed by atoms with E-state index < -0.39 is 11.0 Å². The van der Waals surface area contributed by atoms with E-state index in [1.165, 1.54) is 24.3 Å². The van der Waals surface area contributed by atoms with Crippen LogP contribution >= 0.6 is 0 Å². The van der Waals surface area contributed by atoms with E-state index in [0.29, 0.717) is 31.0 Å². The molecule has 4 saturated carbocycles. The van der Waals surface area contributed by atoms with Crippen LogP contribution in [0.15, 0.2) is 24.3 Å². The summed E-state index contributed by atoms with van der Waals surface area (Å²) in [7, 11) is 0. The van der Waals surface area contributed by atoms with E-state index in [0.717, 1.165) is 38.5 Å². The summed E-state index contributed by atoms with van der Waals surface area (Å²) in [6.07, 6.45) is 6.09. The fourth-order valence-electron chi connectivity index (χ4n) is 6.48. The molecule has 4 aliphatic carbocycles. The third-order valence-electron chi connectivity index (χ3n) is 7.19. The Morgan fingerprint density at radius 3 is 2.46 bits per heavy atom. The lowest BCUT2D eigenvalue weighted by Gasteiger charge is -2.64. The molecule has 5 rings (SSSR count). The van der Waals surface area contributed by atoms with Gasteiger partial charge in [0.25, 0.3) is 5.91 Å². The van der Waals surface area contributed by atoms with Gasteiger partial charge in [-0.2, -0.15) is 0 Å². The normalized spacial score (nSPS) is 35.6. The van der Waals surface area contributed by atoms with Crippen LogP contribution < -0.4 is 10.6 Å². The first kappa shape index (κ1) is 19.4. The number of benzene rings is 1. The van der Waals surface area contributed by atoms with Gasteiger partial charge in [-0.1, -0.05) is 13.3 Å². The van der Waals surface area contributed by atoms with Gasteiger partial charge in [0, 0.05) is 18.7 Å². The summed E-state index contributed by atoms with van der Waals surface area (Å²) < 4.78 is 12.9. The molecule has 5 nitrogen and oxygen atoms in total. The maximum absolute atomic E-state index is 13.1. The van der Waals surface area contributed by atoms with Crippen LogP contribution in [0.5, 0.6) is 0 Å². The van der Waals surface area contributed by atoms with Crippen molar-refractivity contribution >= 4 is 11.8 Å². The van der Waals surface area contributed by atoms with E-state index in [1.807, 2.05) is 0 Å². The first-order valence-electron chi connectivity index (χ1n) is 10.3. The third kappa shape index (κ3) is 3.43. The van der Waals surface area contributed by atoms with Crippen molar-refractivity contribution in [2.45, 2.75) is 57.5 Å². The molecule has 152 valence electrons. The van der Waals surface area contributed by atoms with Crippen molar-refractivity contribution in [3.8, 4) is 0 Å². The number of hydrogen-bond donors (Lipinski definition) is 3. The van der Waals surface area contributed by atoms with Crippen molar-refractivity contribution in [1.82, 2.24) is 10.6 Å². The summed E-state index contributed by atoms with van der Waals surface area (Å²) in [6, 6.07) is 5.36. The number of hydrogen-bond acceptors (Lipinski definition) is 3. The molecule has 0 saturated heterocycles. The molecule has 4 bridgehead atoms. The zero-order valence-electron chi connectivity index (χ0n) is 16.4. The third-order valence-corrected chi connectivity index (χ3v) is 7.19. The van der Waals surface area contributed by atoms with Crippen LogP contribution in [0.2, 0.25) is 0 Å². The van der Waals surface area contributed by atoms with Crippen LogP contribution in [-0.2, 0) is 4.79 Å². The lowest BCUT2D eigenvalue weighted by molar-refractivity contribution is -0.204. The van der Waals surface area contributed by atoms with Crippen molar-refractivity contribution in [2.24, 2.45) is 16.7 Å². The predicted molar refractivity (Wildman–Crippen MR) is 103 cm³/mol. The summed E-state index contributed by atoms with van der Waals surface area (Å²) in [4.78, 5) is 25.1. The molecule has 4 fully saturated rings. The quantitative estimate of drug-likeness (QED) is 0.656. The number of nitrogens with one attached hydrogen (secondary N) is 2. The summed E-state index contributed by atoms with van der Waals surface area (Å²) in [5, 5.41) is 16.8.